The van der Waals surface area contributed by atoms with Gasteiger partial charge in [-0.05, 0) is 38.4 Å². The van der Waals surface area contributed by atoms with Crippen LogP contribution >= 0.6 is 0 Å². The number of carbonyl (C=O) groups is 1. The predicted molar refractivity (Wildman–Crippen MR) is 106 cm³/mol. The van der Waals surface area contributed by atoms with Crippen LogP contribution in [0.25, 0.3) is 0 Å². The summed E-state index contributed by atoms with van der Waals surface area (Å²) in [6, 6.07) is 3.79. The fraction of sp³-hybridized carbons (Fsp3) is 0.600. The quantitative estimate of drug-likeness (QED) is 0.607. The molecule has 148 valence electrons. The third kappa shape index (κ3) is 4.53. The minimum Gasteiger partial charge on any atom is -0.493 e. The van der Waals surface area contributed by atoms with Crippen LogP contribution in [0.4, 0.5) is 5.69 Å². The van der Waals surface area contributed by atoms with E-state index in [1.807, 2.05) is 24.1 Å². The number of rotatable bonds is 8. The van der Waals surface area contributed by atoms with E-state index >= 15 is 0 Å². The van der Waals surface area contributed by atoms with E-state index in [-0.39, 0.29) is 11.8 Å². The molecule has 3 rings (SSSR count). The number of anilines is 1. The van der Waals surface area contributed by atoms with Crippen molar-refractivity contribution in [3.63, 3.8) is 0 Å². The summed E-state index contributed by atoms with van der Waals surface area (Å²) >= 11 is 0. The van der Waals surface area contributed by atoms with E-state index in [4.69, 9.17) is 14.9 Å². The number of hydrogen-bond donors (Lipinski definition) is 3. The van der Waals surface area contributed by atoms with Gasteiger partial charge in [0.2, 0.25) is 5.91 Å². The van der Waals surface area contributed by atoms with Crippen molar-refractivity contribution in [2.45, 2.75) is 25.7 Å². The molecule has 0 spiro atoms. The van der Waals surface area contributed by atoms with Gasteiger partial charge in [-0.2, -0.15) is 0 Å². The Balaban J connectivity index is 1.72. The highest BCUT2D eigenvalue weighted by molar-refractivity contribution is 6.05. The van der Waals surface area contributed by atoms with Gasteiger partial charge in [-0.25, -0.2) is 0 Å². The second kappa shape index (κ2) is 9.08. The van der Waals surface area contributed by atoms with E-state index in [0.29, 0.717) is 36.8 Å². The van der Waals surface area contributed by atoms with E-state index in [9.17, 15) is 4.79 Å². The predicted octanol–water partition coefficient (Wildman–Crippen LogP) is 2.11. The van der Waals surface area contributed by atoms with Crippen LogP contribution in [0.2, 0.25) is 0 Å². The first-order valence-corrected chi connectivity index (χ1v) is 9.74. The molecule has 7 heteroatoms. The van der Waals surface area contributed by atoms with Gasteiger partial charge in [-0.3, -0.25) is 4.79 Å². The number of piperidine rings is 1. The van der Waals surface area contributed by atoms with Crippen molar-refractivity contribution in [2.75, 3.05) is 52.3 Å². The lowest BCUT2D eigenvalue weighted by Gasteiger charge is -2.25. The Morgan fingerprint density at radius 2 is 2.11 bits per heavy atom. The molecule has 0 saturated carbocycles. The molecule has 0 atom stereocenters. The van der Waals surface area contributed by atoms with Crippen LogP contribution in [0.3, 0.4) is 0 Å². The number of carbonyl (C=O) groups excluding carboxylic acids is 1. The summed E-state index contributed by atoms with van der Waals surface area (Å²) < 4.78 is 11.4. The molecule has 0 radical (unpaired) electrons. The largest absolute Gasteiger partial charge is 0.493 e. The SMILES string of the molecule is CNc1cc(OCCN2CCCC2=O)c(OC)cc1C(=N)C1CCNCC1. The van der Waals surface area contributed by atoms with Crippen molar-refractivity contribution in [3.8, 4) is 11.5 Å². The highest BCUT2D eigenvalue weighted by atomic mass is 16.5. The lowest BCUT2D eigenvalue weighted by atomic mass is 9.88. The standard InChI is InChI=1S/C20H30N4O3/c1-22-16-13-18(27-11-10-24-9-3-4-19(24)25)17(26-2)12-15(16)20(21)14-5-7-23-8-6-14/h12-14,21-23H,3-11H2,1-2H3. The third-order valence-electron chi connectivity index (χ3n) is 5.40. The first-order chi connectivity index (χ1) is 13.1. The van der Waals surface area contributed by atoms with E-state index in [1.54, 1.807) is 7.11 Å². The average Bonchev–Trinajstić information content (AvgIpc) is 3.12. The molecule has 3 N–H and O–H groups in total. The van der Waals surface area contributed by atoms with Gasteiger partial charge < -0.3 is 30.4 Å². The maximum atomic E-state index is 11.7. The molecule has 1 amide bonds. The second-order valence-electron chi connectivity index (χ2n) is 7.07. The van der Waals surface area contributed by atoms with Crippen LogP contribution in [-0.4, -0.2) is 63.5 Å². The van der Waals surface area contributed by atoms with E-state index < -0.39 is 0 Å². The van der Waals surface area contributed by atoms with Gasteiger partial charge in [0.05, 0.1) is 13.7 Å². The molecule has 2 aliphatic heterocycles. The average molecular weight is 374 g/mol. The van der Waals surface area contributed by atoms with Gasteiger partial charge in [0, 0.05) is 49.0 Å². The first-order valence-electron chi connectivity index (χ1n) is 9.74. The van der Waals surface area contributed by atoms with Crippen molar-refractivity contribution in [3.05, 3.63) is 17.7 Å². The summed E-state index contributed by atoms with van der Waals surface area (Å²) in [5.74, 6) is 1.72. The van der Waals surface area contributed by atoms with Crippen LogP contribution in [0.1, 0.15) is 31.2 Å². The summed E-state index contributed by atoms with van der Waals surface area (Å²) in [5, 5.41) is 15.2. The van der Waals surface area contributed by atoms with Crippen molar-refractivity contribution < 1.29 is 14.3 Å². The van der Waals surface area contributed by atoms with Crippen molar-refractivity contribution in [1.29, 1.82) is 5.41 Å². The molecule has 2 saturated heterocycles. The lowest BCUT2D eigenvalue weighted by molar-refractivity contribution is -0.128. The summed E-state index contributed by atoms with van der Waals surface area (Å²) in [4.78, 5) is 13.6. The number of nitrogens with zero attached hydrogens (tertiary/aromatic N) is 1. The van der Waals surface area contributed by atoms with Gasteiger partial charge in [0.1, 0.15) is 6.61 Å². The maximum absolute atomic E-state index is 11.7. The third-order valence-corrected chi connectivity index (χ3v) is 5.40. The van der Waals surface area contributed by atoms with Crippen LogP contribution in [-0.2, 0) is 4.79 Å². The topological polar surface area (TPSA) is 86.7 Å². The fourth-order valence-electron chi connectivity index (χ4n) is 3.80. The molecule has 7 nitrogen and oxygen atoms in total. The minimum absolute atomic E-state index is 0.201. The highest BCUT2D eigenvalue weighted by Gasteiger charge is 2.23. The van der Waals surface area contributed by atoms with Gasteiger partial charge >= 0.3 is 0 Å². The van der Waals surface area contributed by atoms with E-state index in [1.165, 1.54) is 0 Å². The Labute approximate surface area is 160 Å². The number of methoxy groups -OCH3 is 1. The van der Waals surface area contributed by atoms with Crippen LogP contribution in [0.5, 0.6) is 11.5 Å². The molecule has 0 bridgehead atoms. The highest BCUT2D eigenvalue weighted by Crippen LogP contribution is 2.35. The Hall–Kier alpha value is -2.28. The minimum atomic E-state index is 0.201. The smallest absolute Gasteiger partial charge is 0.222 e. The van der Waals surface area contributed by atoms with Crippen molar-refractivity contribution in [1.82, 2.24) is 10.2 Å². The Bertz CT molecular complexity index is 686. The fourth-order valence-corrected chi connectivity index (χ4v) is 3.80. The molecule has 1 aromatic rings. The Kier molecular flexibility index (Phi) is 6.55. The number of likely N-dealkylation sites (tertiary alicyclic amines) is 1. The summed E-state index contributed by atoms with van der Waals surface area (Å²) in [5.41, 5.74) is 2.38. The van der Waals surface area contributed by atoms with E-state index in [2.05, 4.69) is 10.6 Å². The Morgan fingerprint density at radius 1 is 1.33 bits per heavy atom. The molecule has 2 aliphatic rings. The normalized spacial score (nSPS) is 17.9. The molecule has 0 aromatic heterocycles. The molecule has 0 unspecified atom stereocenters. The van der Waals surface area contributed by atoms with Gasteiger partial charge in [0.15, 0.2) is 11.5 Å². The molecule has 27 heavy (non-hydrogen) atoms. The second-order valence-corrected chi connectivity index (χ2v) is 7.07. The maximum Gasteiger partial charge on any atom is 0.222 e. The molecular weight excluding hydrogens is 344 g/mol. The number of amides is 1. The van der Waals surface area contributed by atoms with Crippen LogP contribution in [0, 0.1) is 11.3 Å². The van der Waals surface area contributed by atoms with E-state index in [0.717, 1.165) is 50.1 Å². The van der Waals surface area contributed by atoms with Crippen molar-refractivity contribution >= 4 is 17.3 Å². The van der Waals surface area contributed by atoms with Crippen LogP contribution in [0.15, 0.2) is 12.1 Å². The van der Waals surface area contributed by atoms with Gasteiger partial charge in [0.25, 0.3) is 0 Å². The van der Waals surface area contributed by atoms with Crippen molar-refractivity contribution in [2.24, 2.45) is 5.92 Å². The number of hydrogen-bond acceptors (Lipinski definition) is 6. The summed E-state index contributed by atoms with van der Waals surface area (Å²) in [6.07, 6.45) is 3.53. The Morgan fingerprint density at radius 3 is 2.74 bits per heavy atom. The molecular formula is C20H30N4O3. The van der Waals surface area contributed by atoms with Gasteiger partial charge in [-0.15, -0.1) is 0 Å². The number of nitrogens with one attached hydrogen (secondary N) is 3. The molecule has 1 aromatic carbocycles. The molecule has 2 fully saturated rings. The monoisotopic (exact) mass is 374 g/mol. The first kappa shape index (κ1) is 19.5. The summed E-state index contributed by atoms with van der Waals surface area (Å²) in [7, 11) is 3.47. The van der Waals surface area contributed by atoms with Gasteiger partial charge in [-0.1, -0.05) is 0 Å². The number of benzene rings is 1. The zero-order chi connectivity index (χ0) is 19.2. The molecule has 2 heterocycles. The zero-order valence-corrected chi connectivity index (χ0v) is 16.3. The van der Waals surface area contributed by atoms with Crippen LogP contribution < -0.4 is 20.1 Å². The lowest BCUT2D eigenvalue weighted by Crippen LogP contribution is -2.32. The number of ether oxygens (including phenoxy) is 2. The molecule has 0 aliphatic carbocycles. The zero-order valence-electron chi connectivity index (χ0n) is 16.3. The summed E-state index contributed by atoms with van der Waals surface area (Å²) in [6.45, 7) is 3.73.